The molecule has 0 saturated heterocycles. The smallest absolute Gasteiger partial charge is 0.104 e. The van der Waals surface area contributed by atoms with Gasteiger partial charge >= 0.3 is 0 Å². The van der Waals surface area contributed by atoms with Crippen LogP contribution in [0.1, 0.15) is 5.56 Å². The van der Waals surface area contributed by atoms with E-state index in [0.717, 1.165) is 0 Å². The van der Waals surface area contributed by atoms with Crippen LogP contribution in [0.15, 0.2) is 18.5 Å². The predicted octanol–water partition coefficient (Wildman–Crippen LogP) is 0.00760. The van der Waals surface area contributed by atoms with Crippen molar-refractivity contribution in [3.05, 3.63) is 24.0 Å². The fraction of sp³-hybridized carbons (Fsp3) is 0.125. The summed E-state index contributed by atoms with van der Waals surface area (Å²) in [6.07, 6.45) is 3.16. The van der Waals surface area contributed by atoms with E-state index in [2.05, 4.69) is 16.8 Å². The molecule has 3 nitrogen and oxygen atoms in total. The highest BCUT2D eigenvalue weighted by Crippen LogP contribution is 2.05. The molecule has 0 saturated carbocycles. The van der Waals surface area contributed by atoms with Gasteiger partial charge in [0.2, 0.25) is 0 Å². The number of nitrogen functional groups attached to an aromatic ring is 1. The van der Waals surface area contributed by atoms with Crippen molar-refractivity contribution >= 4 is 5.69 Å². The molecule has 0 bridgehead atoms. The molecular formula is C8H8N2O. The van der Waals surface area contributed by atoms with Crippen LogP contribution in [-0.4, -0.2) is 16.7 Å². The van der Waals surface area contributed by atoms with E-state index in [1.165, 1.54) is 0 Å². The number of pyridine rings is 1. The van der Waals surface area contributed by atoms with Crippen molar-refractivity contribution in [1.82, 2.24) is 4.98 Å². The second-order valence-electron chi connectivity index (χ2n) is 1.92. The van der Waals surface area contributed by atoms with Gasteiger partial charge in [-0.3, -0.25) is 4.98 Å². The lowest BCUT2D eigenvalue weighted by Crippen LogP contribution is -1.90. The summed E-state index contributed by atoms with van der Waals surface area (Å²) in [6.45, 7) is -0.158. The van der Waals surface area contributed by atoms with E-state index in [-0.39, 0.29) is 6.61 Å². The maximum Gasteiger partial charge on any atom is 0.104 e. The summed E-state index contributed by atoms with van der Waals surface area (Å²) in [7, 11) is 0. The molecule has 3 heteroatoms. The molecule has 1 rings (SSSR count). The summed E-state index contributed by atoms with van der Waals surface area (Å²) in [5.41, 5.74) is 6.78. The number of nitrogens with two attached hydrogens (primary N) is 1. The summed E-state index contributed by atoms with van der Waals surface area (Å²) < 4.78 is 0. The molecule has 56 valence electrons. The summed E-state index contributed by atoms with van der Waals surface area (Å²) in [5.74, 6) is 5.17. The quantitative estimate of drug-likeness (QED) is 0.509. The van der Waals surface area contributed by atoms with Gasteiger partial charge in [0.1, 0.15) is 6.61 Å². The van der Waals surface area contributed by atoms with E-state index in [0.29, 0.717) is 11.3 Å². The van der Waals surface area contributed by atoms with Crippen LogP contribution in [0.5, 0.6) is 0 Å². The highest BCUT2D eigenvalue weighted by Gasteiger charge is 1.90. The van der Waals surface area contributed by atoms with E-state index in [9.17, 15) is 0 Å². The fourth-order valence-corrected chi connectivity index (χ4v) is 0.644. The van der Waals surface area contributed by atoms with E-state index in [4.69, 9.17) is 10.8 Å². The minimum absolute atomic E-state index is 0.158. The fourth-order valence-electron chi connectivity index (χ4n) is 0.644. The lowest BCUT2D eigenvalue weighted by molar-refractivity contribution is 0.350. The van der Waals surface area contributed by atoms with E-state index < -0.39 is 0 Å². The Kier molecular flexibility index (Phi) is 2.47. The lowest BCUT2D eigenvalue weighted by Gasteiger charge is -1.93. The van der Waals surface area contributed by atoms with Crippen LogP contribution < -0.4 is 5.73 Å². The number of hydrogen-bond acceptors (Lipinski definition) is 3. The number of anilines is 1. The van der Waals surface area contributed by atoms with E-state index in [1.807, 2.05) is 0 Å². The minimum Gasteiger partial charge on any atom is -0.398 e. The Morgan fingerprint density at radius 1 is 1.64 bits per heavy atom. The standard InChI is InChI=1S/C8H8N2O/c9-8-3-4-10-6-7(8)2-1-5-11/h3-4,6,11H,5H2,(H2,9,10). The number of hydrogen-bond donors (Lipinski definition) is 2. The molecule has 1 aromatic rings. The first-order valence-electron chi connectivity index (χ1n) is 3.14. The van der Waals surface area contributed by atoms with Gasteiger partial charge in [-0.05, 0) is 6.07 Å². The molecule has 11 heavy (non-hydrogen) atoms. The molecule has 0 unspecified atom stereocenters. The third kappa shape index (κ3) is 1.95. The van der Waals surface area contributed by atoms with Crippen LogP contribution in [0.4, 0.5) is 5.69 Å². The Labute approximate surface area is 64.9 Å². The van der Waals surface area contributed by atoms with Gasteiger partial charge in [-0.1, -0.05) is 11.8 Å². The highest BCUT2D eigenvalue weighted by atomic mass is 16.2. The van der Waals surface area contributed by atoms with Crippen molar-refractivity contribution in [2.24, 2.45) is 0 Å². The largest absolute Gasteiger partial charge is 0.398 e. The summed E-state index contributed by atoms with van der Waals surface area (Å²) >= 11 is 0. The first kappa shape index (κ1) is 7.58. The summed E-state index contributed by atoms with van der Waals surface area (Å²) in [4.78, 5) is 3.83. The van der Waals surface area contributed by atoms with Crippen molar-refractivity contribution in [3.8, 4) is 11.8 Å². The van der Waals surface area contributed by atoms with Gasteiger partial charge in [0.05, 0.1) is 11.3 Å². The molecule has 1 heterocycles. The average Bonchev–Trinajstić information content (AvgIpc) is 2.03. The Balaban J connectivity index is 2.95. The number of aromatic nitrogens is 1. The van der Waals surface area contributed by atoms with Gasteiger partial charge in [0.15, 0.2) is 0 Å². The van der Waals surface area contributed by atoms with E-state index in [1.54, 1.807) is 18.5 Å². The van der Waals surface area contributed by atoms with E-state index >= 15 is 0 Å². The Morgan fingerprint density at radius 2 is 2.45 bits per heavy atom. The molecule has 0 aromatic carbocycles. The van der Waals surface area contributed by atoms with Crippen molar-refractivity contribution in [3.63, 3.8) is 0 Å². The molecule has 0 radical (unpaired) electrons. The zero-order valence-electron chi connectivity index (χ0n) is 5.91. The monoisotopic (exact) mass is 148 g/mol. The highest BCUT2D eigenvalue weighted by molar-refractivity contribution is 5.53. The maximum absolute atomic E-state index is 8.38. The van der Waals surface area contributed by atoms with Gasteiger partial charge in [0.25, 0.3) is 0 Å². The Hall–Kier alpha value is -1.53. The third-order valence-corrected chi connectivity index (χ3v) is 1.16. The molecular weight excluding hydrogens is 140 g/mol. The molecule has 0 aliphatic rings. The van der Waals surface area contributed by atoms with Crippen molar-refractivity contribution in [1.29, 1.82) is 0 Å². The predicted molar refractivity (Wildman–Crippen MR) is 42.6 cm³/mol. The number of rotatable bonds is 0. The summed E-state index contributed by atoms with van der Waals surface area (Å²) in [5, 5.41) is 8.38. The molecule has 3 N–H and O–H groups in total. The molecule has 1 aromatic heterocycles. The molecule has 0 spiro atoms. The van der Waals surface area contributed by atoms with Crippen LogP contribution in [0.2, 0.25) is 0 Å². The minimum atomic E-state index is -0.158. The van der Waals surface area contributed by atoms with Crippen molar-refractivity contribution < 1.29 is 5.11 Å². The number of aliphatic hydroxyl groups excluding tert-OH is 1. The van der Waals surface area contributed by atoms with Crippen LogP contribution in [0.3, 0.4) is 0 Å². The topological polar surface area (TPSA) is 59.1 Å². The second kappa shape index (κ2) is 3.59. The van der Waals surface area contributed by atoms with Crippen LogP contribution in [0.25, 0.3) is 0 Å². The van der Waals surface area contributed by atoms with Crippen LogP contribution >= 0.6 is 0 Å². The zero-order chi connectivity index (χ0) is 8.10. The Morgan fingerprint density at radius 3 is 3.09 bits per heavy atom. The molecule has 0 aliphatic heterocycles. The van der Waals surface area contributed by atoms with Crippen molar-refractivity contribution in [2.75, 3.05) is 12.3 Å². The number of nitrogens with zero attached hydrogens (tertiary/aromatic N) is 1. The van der Waals surface area contributed by atoms with Gasteiger partial charge in [-0.25, -0.2) is 0 Å². The first-order valence-corrected chi connectivity index (χ1v) is 3.14. The van der Waals surface area contributed by atoms with Crippen molar-refractivity contribution in [2.45, 2.75) is 0 Å². The molecule has 0 amide bonds. The zero-order valence-corrected chi connectivity index (χ0v) is 5.91. The SMILES string of the molecule is Nc1ccncc1C#CCO. The number of aliphatic hydroxyl groups is 1. The molecule has 0 aliphatic carbocycles. The maximum atomic E-state index is 8.38. The molecule has 0 fully saturated rings. The summed E-state index contributed by atoms with van der Waals surface area (Å²) in [6, 6.07) is 1.67. The normalized spacial score (nSPS) is 8.45. The Bertz CT molecular complexity index is 298. The van der Waals surface area contributed by atoms with Crippen LogP contribution in [0, 0.1) is 11.8 Å². The third-order valence-electron chi connectivity index (χ3n) is 1.16. The van der Waals surface area contributed by atoms with Gasteiger partial charge < -0.3 is 10.8 Å². The first-order chi connectivity index (χ1) is 5.34. The molecule has 0 atom stereocenters. The lowest BCUT2D eigenvalue weighted by atomic mass is 10.2. The second-order valence-corrected chi connectivity index (χ2v) is 1.92. The van der Waals surface area contributed by atoms with Gasteiger partial charge in [0, 0.05) is 12.4 Å². The van der Waals surface area contributed by atoms with Gasteiger partial charge in [-0.15, -0.1) is 0 Å². The van der Waals surface area contributed by atoms with Gasteiger partial charge in [-0.2, -0.15) is 0 Å². The van der Waals surface area contributed by atoms with Crippen LogP contribution in [-0.2, 0) is 0 Å². The average molecular weight is 148 g/mol.